The molecule has 2 heterocycles. The van der Waals surface area contributed by atoms with Crippen molar-refractivity contribution in [3.8, 4) is 0 Å². The van der Waals surface area contributed by atoms with Gasteiger partial charge in [-0.25, -0.2) is 4.79 Å². The molecule has 1 fully saturated rings. The molecule has 1 aliphatic heterocycles. The first-order chi connectivity index (χ1) is 7.99. The third kappa shape index (κ3) is 2.18. The molecule has 1 N–H and O–H groups in total. The van der Waals surface area contributed by atoms with Crippen LogP contribution in [-0.4, -0.2) is 23.4 Å². The number of hydrogen-bond donors (Lipinski definition) is 1. The highest BCUT2D eigenvalue weighted by Crippen LogP contribution is 2.24. The van der Waals surface area contributed by atoms with Crippen LogP contribution in [0.2, 0.25) is 0 Å². The second kappa shape index (κ2) is 4.24. The molecule has 2 unspecified atom stereocenters. The van der Waals surface area contributed by atoms with E-state index in [0.29, 0.717) is 6.54 Å². The largest absolute Gasteiger partial charge is 0.464 e. The Labute approximate surface area is 99.8 Å². The lowest BCUT2D eigenvalue weighted by atomic mass is 10.1. The molecule has 1 aromatic rings. The summed E-state index contributed by atoms with van der Waals surface area (Å²) in [7, 11) is 0. The molecule has 1 saturated heterocycles. The SMILES string of the molecule is Cc1ccc(C(C)N2CC(C)C(=O)NC2=O)o1. The topological polar surface area (TPSA) is 62.6 Å². The number of carbonyl (C=O) groups is 2. The quantitative estimate of drug-likeness (QED) is 0.852. The normalized spacial score (nSPS) is 22.5. The van der Waals surface area contributed by atoms with E-state index in [4.69, 9.17) is 4.42 Å². The van der Waals surface area contributed by atoms with Gasteiger partial charge in [-0.3, -0.25) is 10.1 Å². The third-order valence-electron chi connectivity index (χ3n) is 3.05. The number of furan rings is 1. The van der Waals surface area contributed by atoms with E-state index in [1.807, 2.05) is 26.0 Å². The molecule has 1 aromatic heterocycles. The van der Waals surface area contributed by atoms with Crippen molar-refractivity contribution in [3.63, 3.8) is 0 Å². The molecule has 5 nitrogen and oxygen atoms in total. The zero-order chi connectivity index (χ0) is 12.6. The van der Waals surface area contributed by atoms with Crippen LogP contribution in [-0.2, 0) is 4.79 Å². The first-order valence-corrected chi connectivity index (χ1v) is 5.67. The van der Waals surface area contributed by atoms with Crippen molar-refractivity contribution in [3.05, 3.63) is 23.7 Å². The van der Waals surface area contributed by atoms with Crippen LogP contribution in [0, 0.1) is 12.8 Å². The molecular formula is C12H16N2O3. The number of urea groups is 1. The van der Waals surface area contributed by atoms with Crippen molar-refractivity contribution in [2.45, 2.75) is 26.8 Å². The van der Waals surface area contributed by atoms with Gasteiger partial charge in [0.25, 0.3) is 0 Å². The minimum atomic E-state index is -0.352. The van der Waals surface area contributed by atoms with Gasteiger partial charge in [-0.1, -0.05) is 6.92 Å². The van der Waals surface area contributed by atoms with E-state index < -0.39 is 0 Å². The van der Waals surface area contributed by atoms with Gasteiger partial charge in [-0.05, 0) is 26.0 Å². The van der Waals surface area contributed by atoms with E-state index in [9.17, 15) is 9.59 Å². The molecule has 0 saturated carbocycles. The van der Waals surface area contributed by atoms with Gasteiger partial charge in [0.1, 0.15) is 11.5 Å². The van der Waals surface area contributed by atoms with Gasteiger partial charge in [-0.15, -0.1) is 0 Å². The molecule has 17 heavy (non-hydrogen) atoms. The Bertz CT molecular complexity index is 452. The number of nitrogens with zero attached hydrogens (tertiary/aromatic N) is 1. The summed E-state index contributed by atoms with van der Waals surface area (Å²) in [5.41, 5.74) is 0. The molecule has 2 rings (SSSR count). The lowest BCUT2D eigenvalue weighted by Gasteiger charge is -2.34. The second-order valence-electron chi connectivity index (χ2n) is 4.47. The molecule has 3 amide bonds. The van der Waals surface area contributed by atoms with Gasteiger partial charge in [0.15, 0.2) is 0 Å². The van der Waals surface area contributed by atoms with Crippen LogP contribution < -0.4 is 5.32 Å². The zero-order valence-electron chi connectivity index (χ0n) is 10.2. The first-order valence-electron chi connectivity index (χ1n) is 5.67. The van der Waals surface area contributed by atoms with Crippen LogP contribution in [0.5, 0.6) is 0 Å². The molecule has 1 aliphatic rings. The Morgan fingerprint density at radius 1 is 1.47 bits per heavy atom. The average molecular weight is 236 g/mol. The van der Waals surface area contributed by atoms with E-state index in [2.05, 4.69) is 5.32 Å². The molecular weight excluding hydrogens is 220 g/mol. The Hall–Kier alpha value is -1.78. The monoisotopic (exact) mass is 236 g/mol. The molecule has 2 atom stereocenters. The fraction of sp³-hybridized carbons (Fsp3) is 0.500. The number of nitrogens with one attached hydrogen (secondary N) is 1. The average Bonchev–Trinajstić information content (AvgIpc) is 2.69. The molecule has 0 aliphatic carbocycles. The first kappa shape index (κ1) is 11.7. The van der Waals surface area contributed by atoms with Crippen molar-refractivity contribution in [1.82, 2.24) is 10.2 Å². The van der Waals surface area contributed by atoms with Crippen LogP contribution in [0.15, 0.2) is 16.5 Å². The van der Waals surface area contributed by atoms with Crippen molar-refractivity contribution >= 4 is 11.9 Å². The number of imide groups is 1. The minimum absolute atomic E-state index is 0.167. The molecule has 5 heteroatoms. The summed E-state index contributed by atoms with van der Waals surface area (Å²) in [5, 5.41) is 2.34. The van der Waals surface area contributed by atoms with Gasteiger partial charge in [-0.2, -0.15) is 0 Å². The van der Waals surface area contributed by atoms with Crippen LogP contribution in [0.25, 0.3) is 0 Å². The number of hydrogen-bond acceptors (Lipinski definition) is 3. The maximum Gasteiger partial charge on any atom is 0.324 e. The van der Waals surface area contributed by atoms with Gasteiger partial charge < -0.3 is 9.32 Å². The van der Waals surface area contributed by atoms with Crippen LogP contribution >= 0.6 is 0 Å². The Balaban J connectivity index is 2.16. The molecule has 0 radical (unpaired) electrons. The van der Waals surface area contributed by atoms with E-state index in [-0.39, 0.29) is 23.9 Å². The van der Waals surface area contributed by atoms with E-state index in [0.717, 1.165) is 11.5 Å². The van der Waals surface area contributed by atoms with Crippen molar-refractivity contribution < 1.29 is 14.0 Å². The molecule has 0 aromatic carbocycles. The van der Waals surface area contributed by atoms with Crippen LogP contribution in [0.1, 0.15) is 31.4 Å². The van der Waals surface area contributed by atoms with E-state index >= 15 is 0 Å². The molecule has 0 bridgehead atoms. The highest BCUT2D eigenvalue weighted by atomic mass is 16.3. The fourth-order valence-electron chi connectivity index (χ4n) is 1.93. The Morgan fingerprint density at radius 3 is 2.76 bits per heavy atom. The number of amides is 3. The summed E-state index contributed by atoms with van der Waals surface area (Å²) in [6, 6.07) is 3.20. The molecule has 92 valence electrons. The highest BCUT2D eigenvalue weighted by molar-refractivity contribution is 5.97. The van der Waals surface area contributed by atoms with E-state index in [1.54, 1.807) is 11.8 Å². The van der Waals surface area contributed by atoms with Crippen LogP contribution in [0.4, 0.5) is 4.79 Å². The predicted octanol–water partition coefficient (Wildman–Crippen LogP) is 1.84. The smallest absolute Gasteiger partial charge is 0.324 e. The lowest BCUT2D eigenvalue weighted by molar-refractivity contribution is -0.125. The second-order valence-corrected chi connectivity index (χ2v) is 4.47. The maximum atomic E-state index is 11.7. The van der Waals surface area contributed by atoms with Gasteiger partial charge in [0, 0.05) is 6.54 Å². The van der Waals surface area contributed by atoms with Gasteiger partial charge in [0.2, 0.25) is 5.91 Å². The van der Waals surface area contributed by atoms with E-state index in [1.165, 1.54) is 0 Å². The number of rotatable bonds is 2. The minimum Gasteiger partial charge on any atom is -0.464 e. The zero-order valence-corrected chi connectivity index (χ0v) is 10.2. The standard InChI is InChI=1S/C12H16N2O3/c1-7-6-14(12(16)13-11(7)15)9(3)10-5-4-8(2)17-10/h4-5,7,9H,6H2,1-3H3,(H,13,15,16). The van der Waals surface area contributed by atoms with Crippen LogP contribution in [0.3, 0.4) is 0 Å². The van der Waals surface area contributed by atoms with Crippen molar-refractivity contribution in [2.24, 2.45) is 5.92 Å². The summed E-state index contributed by atoms with van der Waals surface area (Å²) in [6.07, 6.45) is 0. The summed E-state index contributed by atoms with van der Waals surface area (Å²) in [4.78, 5) is 24.7. The lowest BCUT2D eigenvalue weighted by Crippen LogP contribution is -2.54. The summed E-state index contributed by atoms with van der Waals surface area (Å²) in [6.45, 7) is 5.97. The fourth-order valence-corrected chi connectivity index (χ4v) is 1.93. The number of aryl methyl sites for hydroxylation is 1. The molecule has 0 spiro atoms. The predicted molar refractivity (Wildman–Crippen MR) is 61.3 cm³/mol. The van der Waals surface area contributed by atoms with Crippen molar-refractivity contribution in [2.75, 3.05) is 6.54 Å². The summed E-state index contributed by atoms with van der Waals surface area (Å²) in [5.74, 6) is 1.15. The van der Waals surface area contributed by atoms with Crippen molar-refractivity contribution in [1.29, 1.82) is 0 Å². The third-order valence-corrected chi connectivity index (χ3v) is 3.05. The highest BCUT2D eigenvalue weighted by Gasteiger charge is 2.33. The Kier molecular flexibility index (Phi) is 2.92. The summed E-state index contributed by atoms with van der Waals surface area (Å²) < 4.78 is 5.50. The Morgan fingerprint density at radius 2 is 2.18 bits per heavy atom. The summed E-state index contributed by atoms with van der Waals surface area (Å²) >= 11 is 0. The van der Waals surface area contributed by atoms with Gasteiger partial charge in [0.05, 0.1) is 12.0 Å². The van der Waals surface area contributed by atoms with Gasteiger partial charge >= 0.3 is 6.03 Å². The number of carbonyl (C=O) groups excluding carboxylic acids is 2. The maximum absolute atomic E-state index is 11.7.